The van der Waals surface area contributed by atoms with E-state index in [1.807, 2.05) is 13.1 Å². The highest BCUT2D eigenvalue weighted by Crippen LogP contribution is 2.49. The Morgan fingerprint density at radius 3 is 2.72 bits per heavy atom. The number of aryl methyl sites for hydroxylation is 1. The maximum Gasteiger partial charge on any atom is 0.339 e. The van der Waals surface area contributed by atoms with E-state index < -0.39 is 29.4 Å². The Morgan fingerprint density at radius 1 is 1.33 bits per heavy atom. The normalized spacial score (nSPS) is 35.3. The minimum atomic E-state index is -1.98. The fourth-order valence-corrected chi connectivity index (χ4v) is 5.65. The van der Waals surface area contributed by atoms with Gasteiger partial charge in [0.1, 0.15) is 11.7 Å². The van der Waals surface area contributed by atoms with Gasteiger partial charge >= 0.3 is 11.9 Å². The highest BCUT2D eigenvalue weighted by Gasteiger charge is 2.54. The van der Waals surface area contributed by atoms with Crippen LogP contribution in [-0.2, 0) is 30.8 Å². The molecule has 0 aromatic carbocycles. The Morgan fingerprint density at radius 2 is 2.08 bits per heavy atom. The van der Waals surface area contributed by atoms with Crippen molar-refractivity contribution in [2.45, 2.75) is 58.0 Å². The number of imidazole rings is 1. The number of hydrogen-bond acceptors (Lipinski definition) is 7. The van der Waals surface area contributed by atoms with Crippen LogP contribution in [0.15, 0.2) is 54.1 Å². The lowest BCUT2D eigenvalue weighted by Crippen LogP contribution is -2.47. The van der Waals surface area contributed by atoms with Gasteiger partial charge in [0.05, 0.1) is 24.7 Å². The minimum absolute atomic E-state index is 0.0137. The van der Waals surface area contributed by atoms with Crippen LogP contribution in [0.1, 0.15) is 46.2 Å². The third-order valence-corrected chi connectivity index (χ3v) is 7.76. The molecule has 4 rings (SSSR count). The average molecular weight is 497 g/mol. The first-order valence-electron chi connectivity index (χ1n) is 12.4. The predicted octanol–water partition coefficient (Wildman–Crippen LogP) is 3.74. The maximum absolute atomic E-state index is 12.9. The minimum Gasteiger partial charge on any atom is -0.466 e. The first-order valence-corrected chi connectivity index (χ1v) is 12.4. The van der Waals surface area contributed by atoms with Gasteiger partial charge in [0.15, 0.2) is 0 Å². The highest BCUT2D eigenvalue weighted by atomic mass is 16.7. The van der Waals surface area contributed by atoms with Gasteiger partial charge in [-0.15, -0.1) is 0 Å². The number of nitrogens with zero attached hydrogens (tertiary/aromatic N) is 2. The van der Waals surface area contributed by atoms with Crippen molar-refractivity contribution in [3.8, 4) is 0 Å². The molecule has 0 amide bonds. The van der Waals surface area contributed by atoms with Gasteiger partial charge in [0, 0.05) is 19.3 Å². The summed E-state index contributed by atoms with van der Waals surface area (Å²) in [7, 11) is 3.14. The van der Waals surface area contributed by atoms with Crippen molar-refractivity contribution in [1.29, 1.82) is 0 Å². The molecule has 1 aliphatic carbocycles. The topological polar surface area (TPSA) is 99.9 Å². The molecule has 8 heteroatoms. The van der Waals surface area contributed by atoms with E-state index in [0.717, 1.165) is 6.42 Å². The summed E-state index contributed by atoms with van der Waals surface area (Å²) in [6.07, 6.45) is 14.2. The third-order valence-electron chi connectivity index (χ3n) is 7.76. The monoisotopic (exact) mass is 496 g/mol. The molecule has 2 bridgehead atoms. The molecule has 2 aliphatic heterocycles. The third kappa shape index (κ3) is 4.97. The molecular formula is C28H36N2O6. The fraction of sp³-hybridized carbons (Fsp3) is 0.536. The summed E-state index contributed by atoms with van der Waals surface area (Å²) in [5, 5.41) is 11.5. The average Bonchev–Trinajstić information content (AvgIpc) is 3.39. The van der Waals surface area contributed by atoms with Crippen molar-refractivity contribution in [2.24, 2.45) is 30.7 Å². The number of ether oxygens (including phenoxy) is 3. The maximum atomic E-state index is 12.9. The van der Waals surface area contributed by atoms with Gasteiger partial charge in [-0.2, -0.15) is 0 Å². The van der Waals surface area contributed by atoms with Gasteiger partial charge < -0.3 is 23.9 Å². The summed E-state index contributed by atoms with van der Waals surface area (Å²) < 4.78 is 19.0. The standard InChI is InChI=1S/C28H36N2O6/c1-17(2)20-9-7-18(3)21-14-24(35-25(31)10-8-19-15-30(5)16-29-19)27(4)11-12-28(33,36-27)23(13-22(20)21)26(32)34-6/h7-8,10-13,15-17,20-22,24,33H,9,14H2,1-6H3/b10-8?,23-13-/t20-,21+,22-,24+,27+,28-/m1/s1. The van der Waals surface area contributed by atoms with E-state index in [9.17, 15) is 14.7 Å². The number of carbonyl (C=O) groups excluding carboxylic acids is 2. The lowest BCUT2D eigenvalue weighted by Gasteiger charge is -2.41. The number of methoxy groups -OCH3 is 1. The number of fused-ring (bicyclic) bond motifs is 3. The summed E-state index contributed by atoms with van der Waals surface area (Å²) in [4.78, 5) is 30.0. The number of allylic oxidation sites excluding steroid dienone is 3. The molecule has 0 unspecified atom stereocenters. The van der Waals surface area contributed by atoms with Crippen molar-refractivity contribution in [2.75, 3.05) is 7.11 Å². The molecule has 6 atom stereocenters. The molecule has 0 saturated carbocycles. The Bertz CT molecular complexity index is 1140. The largest absolute Gasteiger partial charge is 0.466 e. The van der Waals surface area contributed by atoms with Crippen LogP contribution in [0.2, 0.25) is 0 Å². The van der Waals surface area contributed by atoms with Gasteiger partial charge in [-0.25, -0.2) is 14.6 Å². The molecule has 0 spiro atoms. The van der Waals surface area contributed by atoms with Crippen LogP contribution in [0.5, 0.6) is 0 Å². The molecule has 1 aromatic rings. The van der Waals surface area contributed by atoms with Gasteiger partial charge in [-0.05, 0) is 68.6 Å². The Labute approximate surface area is 212 Å². The molecule has 0 fully saturated rings. The van der Waals surface area contributed by atoms with Crippen molar-refractivity contribution < 1.29 is 28.9 Å². The highest BCUT2D eigenvalue weighted by molar-refractivity contribution is 5.91. The van der Waals surface area contributed by atoms with Crippen LogP contribution in [0.3, 0.4) is 0 Å². The van der Waals surface area contributed by atoms with E-state index in [1.54, 1.807) is 36.2 Å². The second kappa shape index (κ2) is 9.82. The van der Waals surface area contributed by atoms with Crippen LogP contribution >= 0.6 is 0 Å². The molecule has 1 N–H and O–H groups in total. The predicted molar refractivity (Wildman–Crippen MR) is 134 cm³/mol. The van der Waals surface area contributed by atoms with Crippen LogP contribution in [0.4, 0.5) is 0 Å². The zero-order valence-electron chi connectivity index (χ0n) is 21.8. The number of aromatic nitrogens is 2. The van der Waals surface area contributed by atoms with Gasteiger partial charge in [0.2, 0.25) is 5.79 Å². The fourth-order valence-electron chi connectivity index (χ4n) is 5.65. The summed E-state index contributed by atoms with van der Waals surface area (Å²) >= 11 is 0. The van der Waals surface area contributed by atoms with Crippen molar-refractivity contribution in [3.63, 3.8) is 0 Å². The van der Waals surface area contributed by atoms with E-state index >= 15 is 0 Å². The van der Waals surface area contributed by atoms with Crippen LogP contribution < -0.4 is 0 Å². The smallest absolute Gasteiger partial charge is 0.339 e. The van der Waals surface area contributed by atoms with E-state index in [2.05, 4.69) is 31.8 Å². The zero-order chi connectivity index (χ0) is 26.3. The first-order chi connectivity index (χ1) is 17.0. The summed E-state index contributed by atoms with van der Waals surface area (Å²) in [6, 6.07) is 0. The van der Waals surface area contributed by atoms with Crippen molar-refractivity contribution in [1.82, 2.24) is 9.55 Å². The molecule has 3 aliphatic rings. The van der Waals surface area contributed by atoms with Gasteiger partial charge in [0.25, 0.3) is 0 Å². The number of rotatable bonds is 5. The van der Waals surface area contributed by atoms with Gasteiger partial charge in [-0.3, -0.25) is 0 Å². The Hall–Kier alpha value is -2.97. The van der Waals surface area contributed by atoms with Gasteiger partial charge in [-0.1, -0.05) is 31.6 Å². The van der Waals surface area contributed by atoms with Crippen molar-refractivity contribution >= 4 is 18.0 Å². The summed E-state index contributed by atoms with van der Waals surface area (Å²) in [5.41, 5.74) is 0.706. The first kappa shape index (κ1) is 26.1. The Kier molecular flexibility index (Phi) is 7.12. The summed E-state index contributed by atoms with van der Waals surface area (Å²) in [6.45, 7) is 8.16. The molecule has 194 valence electrons. The lowest BCUT2D eigenvalue weighted by molar-refractivity contribution is -0.216. The number of hydrogen-bond donors (Lipinski definition) is 1. The van der Waals surface area contributed by atoms with E-state index in [4.69, 9.17) is 14.2 Å². The summed E-state index contributed by atoms with van der Waals surface area (Å²) in [5.74, 6) is -2.68. The number of carbonyl (C=O) groups is 2. The quantitative estimate of drug-likeness (QED) is 0.377. The molecule has 1 aromatic heterocycles. The molecule has 0 saturated heterocycles. The molecule has 8 nitrogen and oxygen atoms in total. The molecule has 0 radical (unpaired) electrons. The van der Waals surface area contributed by atoms with Crippen LogP contribution in [0.25, 0.3) is 6.08 Å². The number of esters is 2. The van der Waals surface area contributed by atoms with E-state index in [-0.39, 0.29) is 23.3 Å². The second-order valence-electron chi connectivity index (χ2n) is 10.6. The van der Waals surface area contributed by atoms with Crippen molar-refractivity contribution in [3.05, 3.63) is 59.7 Å². The zero-order valence-corrected chi connectivity index (χ0v) is 21.8. The molecule has 36 heavy (non-hydrogen) atoms. The van der Waals surface area contributed by atoms with E-state index in [0.29, 0.717) is 18.0 Å². The van der Waals surface area contributed by atoms with Crippen LogP contribution in [-0.4, -0.2) is 51.2 Å². The molecule has 3 heterocycles. The second-order valence-corrected chi connectivity index (χ2v) is 10.6. The molecular weight excluding hydrogens is 460 g/mol. The van der Waals surface area contributed by atoms with E-state index in [1.165, 1.54) is 24.8 Å². The SMILES string of the molecule is COC(=O)/C1=C/[C@@H]2[C@@H](C(C)C)CC=C(C)[C@@H]2C[C@H](OC(=O)C=Cc2cn(C)cn2)[C@]2(C)C=C[C@@]1(O)O2. The van der Waals surface area contributed by atoms with Crippen LogP contribution in [0, 0.1) is 23.7 Å². The lowest BCUT2D eigenvalue weighted by atomic mass is 9.65. The Balaban J connectivity index is 1.73. The number of aliphatic hydroxyl groups is 1.